The van der Waals surface area contributed by atoms with Gasteiger partial charge in [-0.25, -0.2) is 9.97 Å². The maximum atomic E-state index is 11.6. The average molecular weight is 239 g/mol. The minimum absolute atomic E-state index is 0.0918. The number of anilines is 1. The molecule has 0 fully saturated rings. The third-order valence-corrected chi connectivity index (χ3v) is 2.02. The first-order valence-electron chi connectivity index (χ1n) is 4.40. The zero-order valence-corrected chi connectivity index (χ0v) is 9.00. The number of pyridine rings is 1. The monoisotopic (exact) mass is 238 g/mol. The smallest absolute Gasteiger partial charge is 0.278 e. The maximum absolute atomic E-state index is 11.6. The fourth-order valence-corrected chi connectivity index (χ4v) is 1.37. The molecule has 0 unspecified atom stereocenters. The van der Waals surface area contributed by atoms with Crippen LogP contribution in [0.4, 0.5) is 5.95 Å². The van der Waals surface area contributed by atoms with E-state index < -0.39 is 5.56 Å². The molecule has 0 aliphatic heterocycles. The molecule has 7 heteroatoms. The lowest BCUT2D eigenvalue weighted by molar-refractivity contribution is -0.114. The summed E-state index contributed by atoms with van der Waals surface area (Å²) in [6.07, 6.45) is 0. The molecule has 2 N–H and O–H groups in total. The standard InChI is InChI=1S/C9H7ClN4O2/c1-4(15)11-9-12-5-2-3-6(10)13-7(5)8(16)14-9/h2-3H,1H3,(H2,11,12,14,15,16). The van der Waals surface area contributed by atoms with Crippen molar-refractivity contribution >= 4 is 34.5 Å². The number of hydrogen-bond donors (Lipinski definition) is 2. The SMILES string of the molecule is CC(=O)Nc1nc2ccc(Cl)nc2c(=O)[nH]1. The van der Waals surface area contributed by atoms with Crippen LogP contribution in [0.5, 0.6) is 0 Å². The Morgan fingerprint density at radius 2 is 2.19 bits per heavy atom. The van der Waals surface area contributed by atoms with Crippen molar-refractivity contribution in [3.05, 3.63) is 27.6 Å². The highest BCUT2D eigenvalue weighted by Gasteiger charge is 2.06. The lowest BCUT2D eigenvalue weighted by atomic mass is 10.4. The van der Waals surface area contributed by atoms with E-state index in [1.54, 1.807) is 6.07 Å². The summed E-state index contributed by atoms with van der Waals surface area (Å²) in [5.41, 5.74) is 0.0646. The van der Waals surface area contributed by atoms with Crippen LogP contribution in [0, 0.1) is 0 Å². The summed E-state index contributed by atoms with van der Waals surface area (Å²) >= 11 is 5.65. The van der Waals surface area contributed by atoms with E-state index in [-0.39, 0.29) is 22.5 Å². The van der Waals surface area contributed by atoms with E-state index in [4.69, 9.17) is 11.6 Å². The molecule has 2 aromatic rings. The number of rotatable bonds is 1. The Morgan fingerprint density at radius 3 is 2.88 bits per heavy atom. The molecule has 0 spiro atoms. The van der Waals surface area contributed by atoms with Gasteiger partial charge in [0.2, 0.25) is 11.9 Å². The van der Waals surface area contributed by atoms with E-state index in [1.165, 1.54) is 13.0 Å². The first-order valence-corrected chi connectivity index (χ1v) is 4.78. The highest BCUT2D eigenvalue weighted by molar-refractivity contribution is 6.29. The summed E-state index contributed by atoms with van der Waals surface area (Å²) in [5.74, 6) is -0.224. The number of carbonyl (C=O) groups is 1. The number of amides is 1. The number of H-pyrrole nitrogens is 1. The van der Waals surface area contributed by atoms with Gasteiger partial charge in [0.15, 0.2) is 5.52 Å². The fourth-order valence-electron chi connectivity index (χ4n) is 1.23. The topological polar surface area (TPSA) is 87.7 Å². The molecule has 16 heavy (non-hydrogen) atoms. The Morgan fingerprint density at radius 1 is 1.44 bits per heavy atom. The van der Waals surface area contributed by atoms with Gasteiger partial charge in [-0.2, -0.15) is 0 Å². The van der Waals surface area contributed by atoms with Gasteiger partial charge in [-0.1, -0.05) is 11.6 Å². The number of nitrogens with zero attached hydrogens (tertiary/aromatic N) is 2. The molecule has 0 aliphatic rings. The van der Waals surface area contributed by atoms with Crippen molar-refractivity contribution < 1.29 is 4.79 Å². The molecule has 0 aliphatic carbocycles. The number of hydrogen-bond acceptors (Lipinski definition) is 4. The molecule has 1 amide bonds. The normalized spacial score (nSPS) is 10.4. The summed E-state index contributed by atoms with van der Waals surface area (Å²) in [4.78, 5) is 32.6. The molecular weight excluding hydrogens is 232 g/mol. The number of nitrogens with one attached hydrogen (secondary N) is 2. The molecule has 2 heterocycles. The van der Waals surface area contributed by atoms with Gasteiger partial charge in [0, 0.05) is 6.92 Å². The summed E-state index contributed by atoms with van der Waals surface area (Å²) in [6.45, 7) is 1.32. The minimum atomic E-state index is -0.448. The number of aromatic amines is 1. The molecular formula is C9H7ClN4O2. The summed E-state index contributed by atoms with van der Waals surface area (Å²) in [6, 6.07) is 3.08. The van der Waals surface area contributed by atoms with Crippen molar-refractivity contribution in [3.8, 4) is 0 Å². The van der Waals surface area contributed by atoms with Gasteiger partial charge in [0.05, 0.1) is 5.52 Å². The highest BCUT2D eigenvalue weighted by atomic mass is 35.5. The Hall–Kier alpha value is -1.95. The van der Waals surface area contributed by atoms with Crippen molar-refractivity contribution in [2.45, 2.75) is 6.92 Å². The van der Waals surface area contributed by atoms with Crippen LogP contribution in [0.1, 0.15) is 6.92 Å². The summed E-state index contributed by atoms with van der Waals surface area (Å²) in [7, 11) is 0. The second kappa shape index (κ2) is 3.90. The Balaban J connectivity index is 2.64. The van der Waals surface area contributed by atoms with E-state index in [0.29, 0.717) is 5.52 Å². The third kappa shape index (κ3) is 2.01. The number of aromatic nitrogens is 3. The summed E-state index contributed by atoms with van der Waals surface area (Å²) < 4.78 is 0. The summed E-state index contributed by atoms with van der Waals surface area (Å²) in [5, 5.41) is 2.60. The van der Waals surface area contributed by atoms with Crippen molar-refractivity contribution in [2.75, 3.05) is 5.32 Å². The van der Waals surface area contributed by atoms with Gasteiger partial charge in [-0.05, 0) is 12.1 Å². The largest absolute Gasteiger partial charge is 0.296 e. The van der Waals surface area contributed by atoms with Crippen molar-refractivity contribution in [2.24, 2.45) is 0 Å². The van der Waals surface area contributed by atoms with Crippen LogP contribution in [0.25, 0.3) is 11.0 Å². The molecule has 0 atom stereocenters. The van der Waals surface area contributed by atoms with Crippen molar-refractivity contribution in [1.82, 2.24) is 15.0 Å². The second-order valence-corrected chi connectivity index (χ2v) is 3.48. The van der Waals surface area contributed by atoms with Gasteiger partial charge in [-0.3, -0.25) is 19.9 Å². The van der Waals surface area contributed by atoms with E-state index in [2.05, 4.69) is 20.3 Å². The molecule has 2 aromatic heterocycles. The van der Waals surface area contributed by atoms with E-state index in [9.17, 15) is 9.59 Å². The van der Waals surface area contributed by atoms with Crippen LogP contribution in [-0.4, -0.2) is 20.9 Å². The lowest BCUT2D eigenvalue weighted by Gasteiger charge is -2.02. The van der Waals surface area contributed by atoms with Crippen LogP contribution in [0.3, 0.4) is 0 Å². The quantitative estimate of drug-likeness (QED) is 0.724. The van der Waals surface area contributed by atoms with Crippen LogP contribution in [0.2, 0.25) is 5.15 Å². The van der Waals surface area contributed by atoms with E-state index in [1.807, 2.05) is 0 Å². The zero-order valence-electron chi connectivity index (χ0n) is 8.24. The highest BCUT2D eigenvalue weighted by Crippen LogP contribution is 2.10. The number of halogens is 1. The number of carbonyl (C=O) groups excluding carboxylic acids is 1. The molecule has 0 saturated heterocycles. The fraction of sp³-hybridized carbons (Fsp3) is 0.111. The molecule has 2 rings (SSSR count). The Kier molecular flexibility index (Phi) is 2.57. The van der Waals surface area contributed by atoms with Crippen LogP contribution >= 0.6 is 11.6 Å². The van der Waals surface area contributed by atoms with E-state index in [0.717, 1.165) is 0 Å². The molecule has 0 bridgehead atoms. The number of fused-ring (bicyclic) bond motifs is 1. The molecule has 0 aromatic carbocycles. The average Bonchev–Trinajstić information content (AvgIpc) is 2.18. The maximum Gasteiger partial charge on any atom is 0.278 e. The lowest BCUT2D eigenvalue weighted by Crippen LogP contribution is -2.16. The predicted octanol–water partition coefficient (Wildman–Crippen LogP) is 0.930. The third-order valence-electron chi connectivity index (χ3n) is 1.81. The molecule has 0 saturated carbocycles. The van der Waals surface area contributed by atoms with Gasteiger partial charge in [0.1, 0.15) is 5.15 Å². The Labute approximate surface area is 94.7 Å². The molecule has 6 nitrogen and oxygen atoms in total. The predicted molar refractivity (Wildman–Crippen MR) is 59.5 cm³/mol. The van der Waals surface area contributed by atoms with Crippen molar-refractivity contribution in [3.63, 3.8) is 0 Å². The molecule has 0 radical (unpaired) electrons. The van der Waals surface area contributed by atoms with Gasteiger partial charge in [-0.15, -0.1) is 0 Å². The van der Waals surface area contributed by atoms with Crippen molar-refractivity contribution in [1.29, 1.82) is 0 Å². The van der Waals surface area contributed by atoms with Crippen LogP contribution < -0.4 is 10.9 Å². The minimum Gasteiger partial charge on any atom is -0.296 e. The van der Waals surface area contributed by atoms with Gasteiger partial charge in [0.25, 0.3) is 5.56 Å². The van der Waals surface area contributed by atoms with Crippen LogP contribution in [0.15, 0.2) is 16.9 Å². The first-order chi connectivity index (χ1) is 7.56. The van der Waals surface area contributed by atoms with Gasteiger partial charge >= 0.3 is 0 Å². The molecule has 82 valence electrons. The zero-order chi connectivity index (χ0) is 11.7. The second-order valence-electron chi connectivity index (χ2n) is 3.10. The van der Waals surface area contributed by atoms with Crippen LogP contribution in [-0.2, 0) is 4.79 Å². The first kappa shape index (κ1) is 10.6. The Bertz CT molecular complexity index is 622. The van der Waals surface area contributed by atoms with E-state index >= 15 is 0 Å². The van der Waals surface area contributed by atoms with Gasteiger partial charge < -0.3 is 0 Å².